The van der Waals surface area contributed by atoms with Crippen LogP contribution in [0.4, 0.5) is 0 Å². The first-order chi connectivity index (χ1) is 24.7. The number of hydrogen-bond donors (Lipinski definition) is 2. The molecular formula is C41H69O9P. The van der Waals surface area contributed by atoms with E-state index in [0.717, 1.165) is 70.6 Å². The van der Waals surface area contributed by atoms with Crippen LogP contribution in [-0.2, 0) is 32.9 Å². The third kappa shape index (κ3) is 32.1. The van der Waals surface area contributed by atoms with Gasteiger partial charge >= 0.3 is 19.8 Å². The fourth-order valence-corrected chi connectivity index (χ4v) is 5.73. The lowest BCUT2D eigenvalue weighted by Gasteiger charge is -2.18. The van der Waals surface area contributed by atoms with Gasteiger partial charge in [-0.25, -0.2) is 4.57 Å². The molecule has 1 rings (SSSR count). The Kier molecular flexibility index (Phi) is 29.7. The minimum atomic E-state index is -4.77. The Labute approximate surface area is 309 Å². The van der Waals surface area contributed by atoms with Crippen LogP contribution in [0.2, 0.25) is 0 Å². The zero-order valence-corrected chi connectivity index (χ0v) is 32.6. The number of epoxide rings is 1. The topological polar surface area (TPSA) is 132 Å². The van der Waals surface area contributed by atoms with Gasteiger partial charge in [0, 0.05) is 12.8 Å². The minimum Gasteiger partial charge on any atom is -0.462 e. The smallest absolute Gasteiger partial charge is 0.462 e. The summed E-state index contributed by atoms with van der Waals surface area (Å²) in [7, 11) is -4.77. The van der Waals surface area contributed by atoms with Gasteiger partial charge in [-0.05, 0) is 77.0 Å². The van der Waals surface area contributed by atoms with Crippen molar-refractivity contribution < 1.29 is 42.7 Å². The molecule has 1 saturated heterocycles. The number of ether oxygens (including phenoxy) is 3. The summed E-state index contributed by atoms with van der Waals surface area (Å²) in [5, 5.41) is 0. The summed E-state index contributed by atoms with van der Waals surface area (Å²) in [5.41, 5.74) is 0. The van der Waals surface area contributed by atoms with Crippen molar-refractivity contribution in [1.82, 2.24) is 0 Å². The Morgan fingerprint density at radius 2 is 1.16 bits per heavy atom. The Morgan fingerprint density at radius 3 is 1.80 bits per heavy atom. The lowest BCUT2D eigenvalue weighted by atomic mass is 10.1. The summed E-state index contributed by atoms with van der Waals surface area (Å²) in [6.45, 7) is 3.55. The molecule has 9 nitrogen and oxygen atoms in total. The van der Waals surface area contributed by atoms with Crippen LogP contribution in [0, 0.1) is 0 Å². The van der Waals surface area contributed by atoms with E-state index >= 15 is 0 Å². The van der Waals surface area contributed by atoms with Crippen LogP contribution in [-0.4, -0.2) is 53.3 Å². The maximum atomic E-state index is 12.4. The molecular weight excluding hydrogens is 667 g/mol. The molecule has 1 aliphatic rings. The zero-order chi connectivity index (χ0) is 37.3. The highest BCUT2D eigenvalue weighted by atomic mass is 31.2. The maximum Gasteiger partial charge on any atom is 0.469 e. The molecule has 0 aliphatic carbocycles. The second-order valence-electron chi connectivity index (χ2n) is 13.3. The van der Waals surface area contributed by atoms with Crippen LogP contribution in [0.3, 0.4) is 0 Å². The highest BCUT2D eigenvalue weighted by molar-refractivity contribution is 7.46. The van der Waals surface area contributed by atoms with Crippen molar-refractivity contribution in [2.45, 2.75) is 173 Å². The van der Waals surface area contributed by atoms with E-state index in [9.17, 15) is 14.2 Å². The maximum absolute atomic E-state index is 12.4. The van der Waals surface area contributed by atoms with Crippen molar-refractivity contribution in [2.24, 2.45) is 0 Å². The Morgan fingerprint density at radius 1 is 0.627 bits per heavy atom. The first-order valence-corrected chi connectivity index (χ1v) is 21.2. The molecule has 0 aromatic rings. The first-order valence-electron chi connectivity index (χ1n) is 19.7. The zero-order valence-electron chi connectivity index (χ0n) is 31.7. The highest BCUT2D eigenvalue weighted by Gasteiger charge is 2.36. The number of phosphoric acid groups is 1. The van der Waals surface area contributed by atoms with Gasteiger partial charge in [0.15, 0.2) is 6.10 Å². The number of phosphoric ester groups is 1. The molecule has 3 atom stereocenters. The summed E-state index contributed by atoms with van der Waals surface area (Å²) >= 11 is 0. The molecule has 0 bridgehead atoms. The van der Waals surface area contributed by atoms with Crippen LogP contribution in [0.1, 0.15) is 155 Å². The van der Waals surface area contributed by atoms with Gasteiger partial charge in [-0.15, -0.1) is 0 Å². The van der Waals surface area contributed by atoms with Gasteiger partial charge in [0.05, 0.1) is 18.8 Å². The Balaban J connectivity index is 2.13. The number of esters is 2. The number of hydrogen-bond acceptors (Lipinski definition) is 7. The largest absolute Gasteiger partial charge is 0.469 e. The summed E-state index contributed by atoms with van der Waals surface area (Å²) in [6, 6.07) is 0. The second kappa shape index (κ2) is 32.4. The van der Waals surface area contributed by atoms with E-state index in [1.165, 1.54) is 44.9 Å². The molecule has 0 amide bonds. The molecule has 0 radical (unpaired) electrons. The van der Waals surface area contributed by atoms with Crippen molar-refractivity contribution in [2.75, 3.05) is 13.2 Å². The van der Waals surface area contributed by atoms with E-state index in [1.807, 2.05) is 6.08 Å². The molecule has 1 aliphatic heterocycles. The fraction of sp³-hybridized carbons (Fsp3) is 0.707. The van der Waals surface area contributed by atoms with E-state index in [4.69, 9.17) is 24.0 Å². The second-order valence-corrected chi connectivity index (χ2v) is 14.5. The van der Waals surface area contributed by atoms with Crippen molar-refractivity contribution in [3.05, 3.63) is 60.8 Å². The van der Waals surface area contributed by atoms with Crippen molar-refractivity contribution in [1.29, 1.82) is 0 Å². The fourth-order valence-electron chi connectivity index (χ4n) is 5.37. The van der Waals surface area contributed by atoms with Crippen molar-refractivity contribution in [3.8, 4) is 0 Å². The summed E-state index contributed by atoms with van der Waals surface area (Å²) in [5.74, 6) is -0.977. The quantitative estimate of drug-likeness (QED) is 0.0218. The van der Waals surface area contributed by atoms with E-state index < -0.39 is 32.5 Å². The number of carbonyl (C=O) groups is 2. The molecule has 10 heteroatoms. The average molecular weight is 737 g/mol. The molecule has 2 unspecified atom stereocenters. The van der Waals surface area contributed by atoms with Crippen LogP contribution >= 0.6 is 7.82 Å². The van der Waals surface area contributed by atoms with E-state index in [0.29, 0.717) is 25.0 Å². The van der Waals surface area contributed by atoms with Crippen LogP contribution in [0.25, 0.3) is 0 Å². The molecule has 0 saturated carbocycles. The Hall–Kier alpha value is -2.29. The Bertz CT molecular complexity index is 1080. The van der Waals surface area contributed by atoms with Crippen LogP contribution in [0.5, 0.6) is 0 Å². The molecule has 0 spiro atoms. The highest BCUT2D eigenvalue weighted by Crippen LogP contribution is 2.36. The standard InChI is InChI=1S/C41H69O9P/c1-3-5-7-8-9-10-11-12-13-14-15-20-23-26-30-34-41(43)49-37(36-48-51(44,45)46)35-47-40(42)33-29-25-22-19-17-16-18-21-24-28-32-39-38(50-39)31-27-6-4-2/h9-10,12-13,16,18-19,22,24,28,37-39H,3-8,11,14-15,17,20-21,23,25-27,29-36H2,1-2H3,(H2,44,45,46)/b10-9-,13-12-,18-16-,22-19-,28-24-/t37-,38?,39?/m1/s1. The molecule has 1 fully saturated rings. The first kappa shape index (κ1) is 46.7. The molecule has 0 aromatic heterocycles. The average Bonchev–Trinajstić information content (AvgIpc) is 3.85. The monoisotopic (exact) mass is 736 g/mol. The minimum absolute atomic E-state index is 0.179. The third-order valence-electron chi connectivity index (χ3n) is 8.43. The number of carbonyl (C=O) groups excluding carboxylic acids is 2. The van der Waals surface area contributed by atoms with Crippen LogP contribution in [0.15, 0.2) is 60.8 Å². The summed E-state index contributed by atoms with van der Waals surface area (Å²) < 4.78 is 32.0. The third-order valence-corrected chi connectivity index (χ3v) is 8.92. The predicted octanol–water partition coefficient (Wildman–Crippen LogP) is 10.7. The van der Waals surface area contributed by atoms with Gasteiger partial charge in [-0.2, -0.15) is 0 Å². The van der Waals surface area contributed by atoms with Crippen molar-refractivity contribution in [3.63, 3.8) is 0 Å². The number of rotatable bonds is 34. The number of unbranched alkanes of at least 4 members (excludes halogenated alkanes) is 11. The number of allylic oxidation sites excluding steroid dienone is 9. The van der Waals surface area contributed by atoms with Gasteiger partial charge in [0.2, 0.25) is 0 Å². The van der Waals surface area contributed by atoms with E-state index in [2.05, 4.69) is 73.1 Å². The molecule has 0 aromatic carbocycles. The van der Waals surface area contributed by atoms with E-state index in [-0.39, 0.29) is 19.4 Å². The van der Waals surface area contributed by atoms with Gasteiger partial charge in [-0.3, -0.25) is 14.1 Å². The van der Waals surface area contributed by atoms with Crippen molar-refractivity contribution >= 4 is 19.8 Å². The van der Waals surface area contributed by atoms with Gasteiger partial charge < -0.3 is 24.0 Å². The molecule has 2 N–H and O–H groups in total. The van der Waals surface area contributed by atoms with Gasteiger partial charge in [0.1, 0.15) is 6.61 Å². The molecule has 1 heterocycles. The SMILES string of the molecule is CCCCC/C=C\C/C=C\CCCCCCCC(=O)O[C@H](COC(=O)CCC/C=C\C/C=C\C/C=C\CC1OC1CCCCC)COP(=O)(O)O. The lowest BCUT2D eigenvalue weighted by molar-refractivity contribution is -0.161. The normalized spacial score (nSPS) is 17.1. The predicted molar refractivity (Wildman–Crippen MR) is 206 cm³/mol. The van der Waals surface area contributed by atoms with Crippen LogP contribution < -0.4 is 0 Å². The molecule has 51 heavy (non-hydrogen) atoms. The van der Waals surface area contributed by atoms with E-state index in [1.54, 1.807) is 0 Å². The van der Waals surface area contributed by atoms with Gasteiger partial charge in [0.25, 0.3) is 0 Å². The molecule has 292 valence electrons. The summed E-state index contributed by atoms with van der Waals surface area (Å²) in [4.78, 5) is 42.7. The lowest BCUT2D eigenvalue weighted by Crippen LogP contribution is -2.29. The summed E-state index contributed by atoms with van der Waals surface area (Å²) in [6.07, 6.45) is 42.6. The van der Waals surface area contributed by atoms with Gasteiger partial charge in [-0.1, -0.05) is 126 Å².